The molecule has 3 nitrogen and oxygen atoms in total. The quantitative estimate of drug-likeness (QED) is 0.927. The van der Waals surface area contributed by atoms with Gasteiger partial charge >= 0.3 is 0 Å². The molecule has 1 aliphatic heterocycles. The van der Waals surface area contributed by atoms with E-state index in [1.807, 2.05) is 12.1 Å². The number of halogens is 1. The number of benzene rings is 1. The fourth-order valence-corrected chi connectivity index (χ4v) is 3.33. The lowest BCUT2D eigenvalue weighted by molar-refractivity contribution is 0.154. The van der Waals surface area contributed by atoms with Crippen LogP contribution in [0.3, 0.4) is 0 Å². The number of ether oxygens (including phenoxy) is 1. The number of anilines is 1. The van der Waals surface area contributed by atoms with Crippen LogP contribution in [0.25, 0.3) is 0 Å². The first-order chi connectivity index (χ1) is 10.2. The minimum atomic E-state index is -0.182. The predicted molar refractivity (Wildman–Crippen MR) is 83.3 cm³/mol. The van der Waals surface area contributed by atoms with Crippen LogP contribution in [-0.4, -0.2) is 25.2 Å². The van der Waals surface area contributed by atoms with Gasteiger partial charge in [0.2, 0.25) is 0 Å². The zero-order valence-corrected chi connectivity index (χ0v) is 12.6. The second kappa shape index (κ2) is 6.65. The molecule has 0 radical (unpaired) electrons. The zero-order valence-electron chi connectivity index (χ0n) is 12.6. The Hall–Kier alpha value is -1.29. The first kappa shape index (κ1) is 14.6. The summed E-state index contributed by atoms with van der Waals surface area (Å²) in [6.45, 7) is 1.67. The Labute approximate surface area is 126 Å². The summed E-state index contributed by atoms with van der Waals surface area (Å²) in [5.74, 6) is 0.482. The van der Waals surface area contributed by atoms with E-state index in [1.54, 1.807) is 6.07 Å². The molecule has 1 saturated carbocycles. The van der Waals surface area contributed by atoms with E-state index < -0.39 is 0 Å². The van der Waals surface area contributed by atoms with Gasteiger partial charge in [0, 0.05) is 25.2 Å². The van der Waals surface area contributed by atoms with E-state index >= 15 is 0 Å². The third-order valence-corrected chi connectivity index (χ3v) is 4.65. The Balaban J connectivity index is 1.64. The maximum Gasteiger partial charge on any atom is 0.150 e. The van der Waals surface area contributed by atoms with E-state index in [1.165, 1.54) is 19.3 Å². The van der Waals surface area contributed by atoms with Crippen molar-refractivity contribution in [3.63, 3.8) is 0 Å². The average molecular weight is 292 g/mol. The van der Waals surface area contributed by atoms with Crippen LogP contribution in [0.1, 0.15) is 44.9 Å². The molecule has 3 rings (SSSR count). The van der Waals surface area contributed by atoms with Gasteiger partial charge in [0.05, 0.1) is 11.8 Å². The molecule has 0 atom stereocenters. The molecule has 0 unspecified atom stereocenters. The maximum absolute atomic E-state index is 14.3. The molecule has 2 fully saturated rings. The van der Waals surface area contributed by atoms with Gasteiger partial charge in [0.15, 0.2) is 0 Å². The molecule has 116 valence electrons. The van der Waals surface area contributed by atoms with E-state index in [4.69, 9.17) is 10.5 Å². The number of rotatable bonds is 3. The summed E-state index contributed by atoms with van der Waals surface area (Å²) >= 11 is 0. The number of hydrogen-bond donors (Lipinski definition) is 1. The molecule has 1 heterocycles. The molecule has 1 saturated heterocycles. The highest BCUT2D eigenvalue weighted by molar-refractivity contribution is 5.51. The number of nitrogens with two attached hydrogens (primary N) is 1. The smallest absolute Gasteiger partial charge is 0.150 e. The van der Waals surface area contributed by atoms with Gasteiger partial charge in [-0.25, -0.2) is 4.39 Å². The fourth-order valence-electron chi connectivity index (χ4n) is 3.33. The largest absolute Gasteiger partial charge is 0.490 e. The van der Waals surface area contributed by atoms with Crippen LogP contribution in [0.15, 0.2) is 18.2 Å². The molecule has 0 bridgehead atoms. The van der Waals surface area contributed by atoms with Crippen molar-refractivity contribution in [2.45, 2.75) is 57.1 Å². The van der Waals surface area contributed by atoms with Gasteiger partial charge < -0.3 is 15.4 Å². The molecule has 2 N–H and O–H groups in total. The Morgan fingerprint density at radius 2 is 1.76 bits per heavy atom. The summed E-state index contributed by atoms with van der Waals surface area (Å²) in [5, 5.41) is 0. The average Bonchev–Trinajstić information content (AvgIpc) is 2.50. The van der Waals surface area contributed by atoms with Crippen molar-refractivity contribution in [2.24, 2.45) is 5.73 Å². The van der Waals surface area contributed by atoms with Gasteiger partial charge in [-0.15, -0.1) is 0 Å². The van der Waals surface area contributed by atoms with E-state index in [-0.39, 0.29) is 18.0 Å². The van der Waals surface area contributed by atoms with Crippen LogP contribution < -0.4 is 15.4 Å². The number of piperidine rings is 1. The van der Waals surface area contributed by atoms with Crippen LogP contribution in [0.5, 0.6) is 5.75 Å². The maximum atomic E-state index is 14.3. The monoisotopic (exact) mass is 292 g/mol. The normalized spacial score (nSPS) is 21.5. The molecule has 1 aliphatic carbocycles. The zero-order chi connectivity index (χ0) is 14.7. The minimum Gasteiger partial charge on any atom is -0.490 e. The van der Waals surface area contributed by atoms with Gasteiger partial charge in [-0.2, -0.15) is 0 Å². The summed E-state index contributed by atoms with van der Waals surface area (Å²) in [5.41, 5.74) is 6.58. The van der Waals surface area contributed by atoms with Crippen LogP contribution in [0.4, 0.5) is 10.1 Å². The van der Waals surface area contributed by atoms with Crippen LogP contribution in [0.2, 0.25) is 0 Å². The molecule has 2 aliphatic rings. The van der Waals surface area contributed by atoms with Crippen LogP contribution in [0, 0.1) is 5.82 Å². The topological polar surface area (TPSA) is 38.5 Å². The number of hydrogen-bond acceptors (Lipinski definition) is 3. The van der Waals surface area contributed by atoms with E-state index in [0.29, 0.717) is 11.4 Å². The minimum absolute atomic E-state index is 0.182. The van der Waals surface area contributed by atoms with Crippen molar-refractivity contribution in [3.05, 3.63) is 24.0 Å². The Morgan fingerprint density at radius 3 is 2.43 bits per heavy atom. The highest BCUT2D eigenvalue weighted by atomic mass is 19.1. The summed E-state index contributed by atoms with van der Waals surface area (Å²) in [6, 6.07) is 5.56. The first-order valence-corrected chi connectivity index (χ1v) is 8.19. The molecule has 4 heteroatoms. The van der Waals surface area contributed by atoms with Crippen LogP contribution >= 0.6 is 0 Å². The molecule has 0 amide bonds. The summed E-state index contributed by atoms with van der Waals surface area (Å²) in [4.78, 5) is 2.09. The van der Waals surface area contributed by atoms with Crippen LogP contribution in [-0.2, 0) is 0 Å². The second-order valence-electron chi connectivity index (χ2n) is 6.32. The fraction of sp³-hybridized carbons (Fsp3) is 0.647. The Morgan fingerprint density at radius 1 is 1.05 bits per heavy atom. The molecule has 1 aromatic rings. The lowest BCUT2D eigenvalue weighted by Crippen LogP contribution is -2.40. The standard InChI is InChI=1S/C17H25FN2O/c18-16-12-15(21-14-4-2-1-3-5-14)6-7-17(16)20-10-8-13(19)9-11-20/h6-7,12-14H,1-5,8-11,19H2. The Bertz CT molecular complexity index is 466. The van der Waals surface area contributed by atoms with Crippen molar-refractivity contribution in [1.82, 2.24) is 0 Å². The lowest BCUT2D eigenvalue weighted by atomic mass is 9.98. The summed E-state index contributed by atoms with van der Waals surface area (Å²) in [6.07, 6.45) is 8.04. The molecule has 0 spiro atoms. The van der Waals surface area contributed by atoms with Crippen molar-refractivity contribution in [3.8, 4) is 5.75 Å². The van der Waals surface area contributed by atoms with E-state index in [2.05, 4.69) is 4.90 Å². The molecule has 21 heavy (non-hydrogen) atoms. The number of nitrogens with zero attached hydrogens (tertiary/aromatic N) is 1. The van der Waals surface area contributed by atoms with E-state index in [0.717, 1.165) is 38.8 Å². The Kier molecular flexibility index (Phi) is 4.63. The lowest BCUT2D eigenvalue weighted by Gasteiger charge is -2.32. The van der Waals surface area contributed by atoms with Crippen molar-refractivity contribution < 1.29 is 9.13 Å². The highest BCUT2D eigenvalue weighted by Crippen LogP contribution is 2.29. The van der Waals surface area contributed by atoms with Gasteiger partial charge in [0.1, 0.15) is 11.6 Å². The third kappa shape index (κ3) is 3.67. The van der Waals surface area contributed by atoms with Crippen molar-refractivity contribution in [1.29, 1.82) is 0 Å². The molecule has 0 aromatic heterocycles. The molecule has 1 aromatic carbocycles. The predicted octanol–water partition coefficient (Wildman–Crippen LogP) is 3.46. The third-order valence-electron chi connectivity index (χ3n) is 4.65. The van der Waals surface area contributed by atoms with Gasteiger partial charge in [0.25, 0.3) is 0 Å². The first-order valence-electron chi connectivity index (χ1n) is 8.19. The summed E-state index contributed by atoms with van der Waals surface area (Å²) in [7, 11) is 0. The SMILES string of the molecule is NC1CCN(c2ccc(OC3CCCCC3)cc2F)CC1. The van der Waals surface area contributed by atoms with Crippen molar-refractivity contribution in [2.75, 3.05) is 18.0 Å². The van der Waals surface area contributed by atoms with Crippen molar-refractivity contribution >= 4 is 5.69 Å². The van der Waals surface area contributed by atoms with Gasteiger partial charge in [-0.1, -0.05) is 6.42 Å². The molecular weight excluding hydrogens is 267 g/mol. The second-order valence-corrected chi connectivity index (χ2v) is 6.32. The summed E-state index contributed by atoms with van der Waals surface area (Å²) < 4.78 is 20.3. The molecular formula is C17H25FN2O. The van der Waals surface area contributed by atoms with Gasteiger partial charge in [-0.3, -0.25) is 0 Å². The van der Waals surface area contributed by atoms with E-state index in [9.17, 15) is 4.39 Å². The van der Waals surface area contributed by atoms with Gasteiger partial charge in [-0.05, 0) is 50.7 Å². The highest BCUT2D eigenvalue weighted by Gasteiger charge is 2.20.